The van der Waals surface area contributed by atoms with Crippen LogP contribution in [0.2, 0.25) is 0 Å². The van der Waals surface area contributed by atoms with Gasteiger partial charge in [0.25, 0.3) is 5.91 Å². The SMILES string of the molecule is CC(C)(C)OC(=O)N[C@H]1CCCCCC=C[C@@H]2C[C@@]2(C(=O)NS(=O)(=O)C2CC2)NC(=O)[C@@H]2C[C@@H](Oc3nc4ccccc4o3)CN2C1=O. The van der Waals surface area contributed by atoms with Gasteiger partial charge >= 0.3 is 12.2 Å². The molecule has 1 aromatic carbocycles. The van der Waals surface area contributed by atoms with Gasteiger partial charge in [0.1, 0.15) is 34.8 Å². The number of carbonyl (C=O) groups excluding carboxylic acids is 4. The molecule has 48 heavy (non-hydrogen) atoms. The van der Waals surface area contributed by atoms with Crippen LogP contribution in [0.1, 0.15) is 78.6 Å². The second-order valence-electron chi connectivity index (χ2n) is 14.1. The monoisotopic (exact) mass is 685 g/mol. The minimum atomic E-state index is -3.87. The van der Waals surface area contributed by atoms with Crippen LogP contribution < -0.4 is 20.1 Å². The van der Waals surface area contributed by atoms with Crippen LogP contribution in [-0.4, -0.2) is 83.2 Å². The maximum atomic E-state index is 14.2. The fourth-order valence-corrected chi connectivity index (χ4v) is 7.71. The number of carbonyl (C=O) groups is 4. The lowest BCUT2D eigenvalue weighted by molar-refractivity contribution is -0.141. The van der Waals surface area contributed by atoms with Gasteiger partial charge in [-0.3, -0.25) is 19.1 Å². The summed E-state index contributed by atoms with van der Waals surface area (Å²) in [6, 6.07) is 5.02. The maximum absolute atomic E-state index is 14.2. The van der Waals surface area contributed by atoms with Crippen LogP contribution in [-0.2, 0) is 29.1 Å². The van der Waals surface area contributed by atoms with Gasteiger partial charge in [-0.1, -0.05) is 37.1 Å². The largest absolute Gasteiger partial charge is 0.445 e. The molecule has 3 heterocycles. The highest BCUT2D eigenvalue weighted by atomic mass is 32.2. The average Bonchev–Trinajstić information content (AvgIpc) is 3.89. The first kappa shape index (κ1) is 33.7. The van der Waals surface area contributed by atoms with Crippen LogP contribution in [0, 0.1) is 5.92 Å². The van der Waals surface area contributed by atoms with Crippen molar-refractivity contribution >= 4 is 44.9 Å². The van der Waals surface area contributed by atoms with E-state index in [0.29, 0.717) is 43.2 Å². The summed E-state index contributed by atoms with van der Waals surface area (Å²) in [7, 11) is -3.87. The first-order valence-corrected chi connectivity index (χ1v) is 18.2. The Balaban J connectivity index is 1.28. The normalized spacial score (nSPS) is 28.4. The molecule has 0 radical (unpaired) electrons. The van der Waals surface area contributed by atoms with Crippen LogP contribution in [0.5, 0.6) is 6.08 Å². The molecule has 2 saturated carbocycles. The number of hydrogen-bond acceptors (Lipinski definition) is 10. The summed E-state index contributed by atoms with van der Waals surface area (Å²) >= 11 is 0. The van der Waals surface area contributed by atoms with E-state index in [1.54, 1.807) is 39.0 Å². The first-order valence-electron chi connectivity index (χ1n) is 16.6. The van der Waals surface area contributed by atoms with Crippen LogP contribution in [0.25, 0.3) is 11.1 Å². The summed E-state index contributed by atoms with van der Waals surface area (Å²) in [5.41, 5.74) is -1.19. The zero-order chi connectivity index (χ0) is 34.3. The molecule has 1 aromatic heterocycles. The van der Waals surface area contributed by atoms with Crippen molar-refractivity contribution in [3.63, 3.8) is 0 Å². The predicted molar refractivity (Wildman–Crippen MR) is 173 cm³/mol. The lowest BCUT2D eigenvalue weighted by atomic mass is 10.0. The summed E-state index contributed by atoms with van der Waals surface area (Å²) in [6.07, 6.45) is 6.72. The standard InChI is InChI=1S/C33H43N5O9S/c1-32(2,3)47-30(42)34-24-13-8-6-4-5-7-11-20-18-33(20,29(41)37-48(43,44)22-15-16-22)36-27(39)25-17-21(19-38(25)28(24)40)45-31-35-23-12-9-10-14-26(23)46-31/h7,9-12,14,20-22,24-25H,4-6,8,13,15-19H2,1-3H3,(H,34,42)(H,36,39)(H,37,41)/t20-,21-,24+,25+,33-/m1/s1. The molecule has 4 amide bonds. The van der Waals surface area contributed by atoms with Gasteiger partial charge in [0.05, 0.1) is 11.8 Å². The molecule has 3 N–H and O–H groups in total. The fourth-order valence-electron chi connectivity index (χ4n) is 6.34. The Hall–Kier alpha value is -4.14. The zero-order valence-electron chi connectivity index (χ0n) is 27.4. The van der Waals surface area contributed by atoms with E-state index >= 15 is 0 Å². The highest BCUT2D eigenvalue weighted by Gasteiger charge is 2.62. The molecule has 14 nitrogen and oxygen atoms in total. The molecule has 5 atom stereocenters. The Morgan fingerprint density at radius 2 is 1.88 bits per heavy atom. The highest BCUT2D eigenvalue weighted by Crippen LogP contribution is 2.46. The van der Waals surface area contributed by atoms with Gasteiger partial charge in [0.15, 0.2) is 5.58 Å². The van der Waals surface area contributed by atoms with Gasteiger partial charge in [0, 0.05) is 12.3 Å². The van der Waals surface area contributed by atoms with Crippen molar-refractivity contribution in [1.82, 2.24) is 25.2 Å². The van der Waals surface area contributed by atoms with E-state index in [-0.39, 0.29) is 25.5 Å². The maximum Gasteiger partial charge on any atom is 0.408 e. The number of para-hydroxylation sites is 2. The number of nitrogens with one attached hydrogen (secondary N) is 3. The third-order valence-electron chi connectivity index (χ3n) is 9.08. The third-order valence-corrected chi connectivity index (χ3v) is 10.9. The summed E-state index contributed by atoms with van der Waals surface area (Å²) in [4.78, 5) is 60.5. The van der Waals surface area contributed by atoms with Gasteiger partial charge in [0.2, 0.25) is 21.8 Å². The van der Waals surface area contributed by atoms with Crippen LogP contribution in [0.3, 0.4) is 0 Å². The first-order chi connectivity index (χ1) is 22.7. The average molecular weight is 686 g/mol. The molecule has 2 aromatic rings. The molecule has 0 spiro atoms. The molecule has 2 aliphatic carbocycles. The molecule has 0 unspecified atom stereocenters. The van der Waals surface area contributed by atoms with Gasteiger partial charge in [-0.15, -0.1) is 0 Å². The van der Waals surface area contributed by atoms with Crippen molar-refractivity contribution < 1.29 is 41.5 Å². The van der Waals surface area contributed by atoms with Crippen LogP contribution in [0.4, 0.5) is 4.79 Å². The predicted octanol–water partition coefficient (Wildman–Crippen LogP) is 3.07. The van der Waals surface area contributed by atoms with E-state index in [1.807, 2.05) is 18.2 Å². The van der Waals surface area contributed by atoms with Crippen molar-refractivity contribution in [2.75, 3.05) is 6.54 Å². The second kappa shape index (κ2) is 13.1. The minimum absolute atomic E-state index is 0.0197. The number of allylic oxidation sites excluding steroid dienone is 1. The van der Waals surface area contributed by atoms with E-state index in [1.165, 1.54) is 4.90 Å². The minimum Gasteiger partial charge on any atom is -0.445 e. The van der Waals surface area contributed by atoms with Crippen LogP contribution >= 0.6 is 0 Å². The number of aromatic nitrogens is 1. The number of hydrogen-bond donors (Lipinski definition) is 3. The van der Waals surface area contributed by atoms with Gasteiger partial charge < -0.3 is 29.4 Å². The molecule has 6 rings (SSSR count). The van der Waals surface area contributed by atoms with Crippen molar-refractivity contribution in [2.24, 2.45) is 5.92 Å². The molecule has 2 aliphatic heterocycles. The van der Waals surface area contributed by atoms with Crippen LogP contribution in [0.15, 0.2) is 40.8 Å². The molecular formula is C33H43N5O9S. The van der Waals surface area contributed by atoms with E-state index in [0.717, 1.165) is 12.8 Å². The third kappa shape index (κ3) is 7.61. The number of nitrogens with zero attached hydrogens (tertiary/aromatic N) is 2. The zero-order valence-corrected chi connectivity index (χ0v) is 28.2. The second-order valence-corrected chi connectivity index (χ2v) is 16.1. The molecule has 15 heteroatoms. The number of benzene rings is 1. The van der Waals surface area contributed by atoms with E-state index in [4.69, 9.17) is 13.9 Å². The number of sulfonamides is 1. The van der Waals surface area contributed by atoms with Crippen molar-refractivity contribution in [1.29, 1.82) is 0 Å². The molecule has 3 fully saturated rings. The highest BCUT2D eigenvalue weighted by molar-refractivity contribution is 7.91. The molecule has 1 saturated heterocycles. The van der Waals surface area contributed by atoms with Gasteiger partial charge in [-0.05, 0) is 71.4 Å². The lowest BCUT2D eigenvalue weighted by Gasteiger charge is -2.30. The van der Waals surface area contributed by atoms with E-state index < -0.39 is 74.3 Å². The topological polar surface area (TPSA) is 186 Å². The number of amides is 4. The number of oxazole rings is 1. The Morgan fingerprint density at radius 1 is 1.10 bits per heavy atom. The van der Waals surface area contributed by atoms with Crippen molar-refractivity contribution in [3.05, 3.63) is 36.4 Å². The number of fused-ring (bicyclic) bond motifs is 3. The van der Waals surface area contributed by atoms with Crippen molar-refractivity contribution in [2.45, 2.75) is 113 Å². The lowest BCUT2D eigenvalue weighted by Crippen LogP contribution is -2.58. The fraction of sp³-hybridized carbons (Fsp3) is 0.606. The van der Waals surface area contributed by atoms with Gasteiger partial charge in [-0.25, -0.2) is 13.2 Å². The summed E-state index contributed by atoms with van der Waals surface area (Å²) in [5, 5.41) is 4.93. The number of ether oxygens (including phenoxy) is 2. The molecule has 260 valence electrons. The van der Waals surface area contributed by atoms with Gasteiger partial charge in [-0.2, -0.15) is 4.98 Å². The quantitative estimate of drug-likeness (QED) is 0.382. The Morgan fingerprint density at radius 3 is 2.60 bits per heavy atom. The summed E-state index contributed by atoms with van der Waals surface area (Å²) < 4.78 is 44.9. The molecule has 0 bridgehead atoms. The number of rotatable bonds is 6. The molecule has 4 aliphatic rings. The Kier molecular flexibility index (Phi) is 9.18. The van der Waals surface area contributed by atoms with Crippen molar-refractivity contribution in [3.8, 4) is 6.08 Å². The van der Waals surface area contributed by atoms with E-state index in [2.05, 4.69) is 20.3 Å². The summed E-state index contributed by atoms with van der Waals surface area (Å²) in [6.45, 7) is 5.14. The Labute approximate surface area is 279 Å². The molecular weight excluding hydrogens is 642 g/mol. The summed E-state index contributed by atoms with van der Waals surface area (Å²) in [5.74, 6) is -2.34. The number of alkyl carbamates (subject to hydrolysis) is 1. The van der Waals surface area contributed by atoms with E-state index in [9.17, 15) is 27.6 Å². The smallest absolute Gasteiger partial charge is 0.408 e. The Bertz CT molecular complexity index is 1680.